The molecule has 0 aliphatic heterocycles. The van der Waals surface area contributed by atoms with E-state index in [1.807, 2.05) is 34.6 Å². The Kier molecular flexibility index (Phi) is 66.0. The quantitative estimate of drug-likeness (QED) is 0.355. The third kappa shape index (κ3) is 156. The Hall–Kier alpha value is 1.15. The second-order valence-electron chi connectivity index (χ2n) is 7.68. The molecule has 0 aromatic heterocycles. The SMILES string of the molecule is CC(C)(C)C#N.CC(C)(C)CN.CC(C)(O)C#N.CCOCC.CO.[AlH3].[Cl][Zn][Cl].[H-].[Li+]. The minimum absolute atomic E-state index is 0. The normalized spacial score (nSPS) is 8.47. The Bertz CT molecular complexity index is 347. The van der Waals surface area contributed by atoms with E-state index in [4.69, 9.17) is 50.6 Å². The van der Waals surface area contributed by atoms with Crippen LogP contribution in [0.1, 0.15) is 70.7 Å². The summed E-state index contributed by atoms with van der Waals surface area (Å²) in [6.07, 6.45) is 0. The van der Waals surface area contributed by atoms with Gasteiger partial charge in [-0.05, 0) is 60.4 Å². The predicted octanol–water partition coefficient (Wildman–Crippen LogP) is 0.789. The van der Waals surface area contributed by atoms with Gasteiger partial charge in [-0.15, -0.1) is 0 Å². The minimum atomic E-state index is -1.15. The molecule has 0 aromatic carbocycles. The molecule has 0 rings (SSSR count). The van der Waals surface area contributed by atoms with E-state index in [1.54, 1.807) is 6.07 Å². The third-order valence-electron chi connectivity index (χ3n) is 1.63. The molecule has 0 radical (unpaired) electrons. The largest absolute Gasteiger partial charge is 1.00 e. The number of nitrogens with zero attached hydrogens (tertiary/aromatic N) is 2. The van der Waals surface area contributed by atoms with Crippen molar-refractivity contribution in [1.82, 2.24) is 0 Å². The molecular formula is C19H47AlCl2LiN3O3Zn. The molecule has 0 aliphatic rings. The Morgan fingerprint density at radius 2 is 1.10 bits per heavy atom. The van der Waals surface area contributed by atoms with E-state index < -0.39 is 20.7 Å². The van der Waals surface area contributed by atoms with Crippen molar-refractivity contribution in [2.45, 2.75) is 74.8 Å². The van der Waals surface area contributed by atoms with Crippen molar-refractivity contribution in [3.63, 3.8) is 0 Å². The van der Waals surface area contributed by atoms with Gasteiger partial charge in [-0.2, -0.15) is 10.5 Å². The number of nitrogens with two attached hydrogens (primary N) is 1. The van der Waals surface area contributed by atoms with Crippen LogP contribution in [-0.4, -0.2) is 60.0 Å². The van der Waals surface area contributed by atoms with Gasteiger partial charge in [-0.3, -0.25) is 0 Å². The molecule has 4 N–H and O–H groups in total. The fourth-order valence-corrected chi connectivity index (χ4v) is 0.204. The van der Waals surface area contributed by atoms with Gasteiger partial charge in [0.1, 0.15) is 5.60 Å². The molecular weight excluding hydrogens is 488 g/mol. The summed E-state index contributed by atoms with van der Waals surface area (Å²) in [5.74, 6) is 0. The summed E-state index contributed by atoms with van der Waals surface area (Å²) in [4.78, 5) is 0. The Morgan fingerprint density at radius 3 is 1.10 bits per heavy atom. The number of halogens is 2. The first kappa shape index (κ1) is 52.8. The van der Waals surface area contributed by atoms with Gasteiger partial charge in [0.15, 0.2) is 17.4 Å². The summed E-state index contributed by atoms with van der Waals surface area (Å²) in [6.45, 7) is 21.3. The van der Waals surface area contributed by atoms with Crippen molar-refractivity contribution in [2.24, 2.45) is 16.6 Å². The van der Waals surface area contributed by atoms with Gasteiger partial charge in [0.05, 0.1) is 12.1 Å². The van der Waals surface area contributed by atoms with Crippen LogP contribution in [0.5, 0.6) is 0 Å². The summed E-state index contributed by atoms with van der Waals surface area (Å²) in [6, 6.07) is 3.76. The fraction of sp³-hybridized carbons (Fsp3) is 0.895. The second kappa shape index (κ2) is 37.5. The van der Waals surface area contributed by atoms with Crippen LogP contribution < -0.4 is 24.6 Å². The van der Waals surface area contributed by atoms with Crippen LogP contribution in [-0.2, 0) is 19.9 Å². The van der Waals surface area contributed by atoms with E-state index in [0.717, 1.165) is 26.9 Å². The Labute approximate surface area is 226 Å². The topological polar surface area (TPSA) is 123 Å². The Morgan fingerprint density at radius 1 is 0.933 bits per heavy atom. The monoisotopic (exact) mass is 533 g/mol. The van der Waals surface area contributed by atoms with Crippen molar-refractivity contribution in [3.05, 3.63) is 0 Å². The first-order valence-corrected chi connectivity index (χ1v) is 16.7. The molecule has 11 heteroatoms. The van der Waals surface area contributed by atoms with Crippen molar-refractivity contribution in [3.8, 4) is 12.1 Å². The van der Waals surface area contributed by atoms with Crippen molar-refractivity contribution >= 4 is 36.7 Å². The zero-order valence-corrected chi connectivity index (χ0v) is 25.3. The fourth-order valence-electron chi connectivity index (χ4n) is 0.204. The summed E-state index contributed by atoms with van der Waals surface area (Å²) in [5, 5.41) is 31.5. The molecule has 176 valence electrons. The minimum Gasteiger partial charge on any atom is -1.00 e. The van der Waals surface area contributed by atoms with Crippen LogP contribution in [0.2, 0.25) is 0 Å². The van der Waals surface area contributed by atoms with Crippen LogP contribution in [0.3, 0.4) is 0 Å². The van der Waals surface area contributed by atoms with Gasteiger partial charge in [0, 0.05) is 25.7 Å². The molecule has 0 bridgehead atoms. The van der Waals surface area contributed by atoms with Crippen LogP contribution in [0.15, 0.2) is 0 Å². The van der Waals surface area contributed by atoms with Crippen molar-refractivity contribution in [2.75, 3.05) is 26.9 Å². The average Bonchev–Trinajstić information content (AvgIpc) is 2.58. The number of nitriles is 2. The Balaban J connectivity index is -0.0000000270. The maximum Gasteiger partial charge on any atom is 1.00 e. The number of hydrogen-bond donors (Lipinski definition) is 3. The summed E-state index contributed by atoms with van der Waals surface area (Å²) >= 11 is -0.931. The molecule has 0 saturated carbocycles. The smallest absolute Gasteiger partial charge is 1.00 e. The first-order valence-electron chi connectivity index (χ1n) is 8.91. The summed E-state index contributed by atoms with van der Waals surface area (Å²) < 4.78 is 4.83. The zero-order valence-electron chi connectivity index (χ0n) is 21.9. The second-order valence-corrected chi connectivity index (χ2v) is 12.3. The molecule has 6 nitrogen and oxygen atoms in total. The van der Waals surface area contributed by atoms with E-state index in [0.29, 0.717) is 5.41 Å². The number of ether oxygens (including phenoxy) is 1. The molecule has 0 saturated heterocycles. The third-order valence-corrected chi connectivity index (χ3v) is 1.63. The molecule has 0 aromatic rings. The van der Waals surface area contributed by atoms with Crippen molar-refractivity contribution < 1.29 is 50.4 Å². The molecule has 0 heterocycles. The van der Waals surface area contributed by atoms with Gasteiger partial charge in [-0.25, -0.2) is 0 Å². The number of aliphatic hydroxyl groups excluding tert-OH is 1. The molecule has 0 aliphatic carbocycles. The van der Waals surface area contributed by atoms with Crippen LogP contribution >= 0.6 is 19.4 Å². The average molecular weight is 536 g/mol. The van der Waals surface area contributed by atoms with Crippen molar-refractivity contribution in [1.29, 1.82) is 10.5 Å². The number of rotatable bonds is 2. The van der Waals surface area contributed by atoms with Gasteiger partial charge < -0.3 is 22.1 Å². The molecule has 0 spiro atoms. The van der Waals surface area contributed by atoms with Gasteiger partial charge in [-0.1, -0.05) is 20.8 Å². The van der Waals surface area contributed by atoms with Crippen LogP contribution in [0.4, 0.5) is 0 Å². The van der Waals surface area contributed by atoms with Crippen LogP contribution in [0.25, 0.3) is 0 Å². The maximum absolute atomic E-state index is 8.47. The molecule has 0 fully saturated rings. The maximum atomic E-state index is 8.47. The molecule has 0 unspecified atom stereocenters. The van der Waals surface area contributed by atoms with E-state index in [1.165, 1.54) is 13.8 Å². The van der Waals surface area contributed by atoms with Gasteiger partial charge in [0.25, 0.3) is 0 Å². The van der Waals surface area contributed by atoms with E-state index in [-0.39, 0.29) is 43.1 Å². The van der Waals surface area contributed by atoms with Gasteiger partial charge >= 0.3 is 53.4 Å². The first-order chi connectivity index (χ1) is 12.5. The van der Waals surface area contributed by atoms with Gasteiger partial charge in [0.2, 0.25) is 0 Å². The van der Waals surface area contributed by atoms with E-state index in [9.17, 15) is 0 Å². The van der Waals surface area contributed by atoms with E-state index >= 15 is 0 Å². The zero-order chi connectivity index (χ0) is 24.4. The van der Waals surface area contributed by atoms with E-state index in [2.05, 4.69) is 26.8 Å². The van der Waals surface area contributed by atoms with Crippen LogP contribution in [0, 0.1) is 33.5 Å². The molecule has 0 atom stereocenters. The molecule has 0 amide bonds. The summed E-state index contributed by atoms with van der Waals surface area (Å²) in [5.41, 5.74) is 4.32. The predicted molar refractivity (Wildman–Crippen MR) is 129 cm³/mol. The molecule has 30 heavy (non-hydrogen) atoms. The number of hydrogen-bond acceptors (Lipinski definition) is 6. The number of aliphatic hydroxyl groups is 2. The summed E-state index contributed by atoms with van der Waals surface area (Å²) in [7, 11) is 10.9. The standard InChI is InChI=1S/C5H13N.C5H9N.C4H7NO.C4H10O.CH4O.Al.2ClH.Li.Zn.4H/c2*1-5(2,3)4-6;1-4(2,6)3-5;1-3-5-4-2;1-2;;;;;;;;;/h4,6H2,1-3H3;1-3H3;6H,1-2H3;3-4H2,1-2H3;2H,1H3;;2*1H;;;;;;/q;;;;;;;;+1;+2;;;;-1/p-2.